The van der Waals surface area contributed by atoms with Crippen LogP contribution in [0.3, 0.4) is 0 Å². The van der Waals surface area contributed by atoms with E-state index >= 15 is 0 Å². The summed E-state index contributed by atoms with van der Waals surface area (Å²) < 4.78 is 1.85. The Kier molecular flexibility index (Phi) is 3.51. The molecule has 110 valence electrons. The van der Waals surface area contributed by atoms with Gasteiger partial charge in [0, 0.05) is 11.8 Å². The summed E-state index contributed by atoms with van der Waals surface area (Å²) in [5, 5.41) is 9.26. The number of benzene rings is 2. The first-order valence-corrected chi connectivity index (χ1v) is 7.02. The molecule has 0 atom stereocenters. The predicted octanol–water partition coefficient (Wildman–Crippen LogP) is 3.85. The lowest BCUT2D eigenvalue weighted by Crippen LogP contribution is -1.99. The van der Waals surface area contributed by atoms with Gasteiger partial charge in [-0.3, -0.25) is 4.57 Å². The highest BCUT2D eigenvalue weighted by atomic mass is 16.4. The summed E-state index contributed by atoms with van der Waals surface area (Å²) in [6, 6.07) is 15.7. The normalized spacial score (nSPS) is 10.6. The number of aromatic carboxylic acids is 1. The van der Waals surface area contributed by atoms with Crippen molar-refractivity contribution in [2.24, 2.45) is 0 Å². The molecule has 0 saturated heterocycles. The van der Waals surface area contributed by atoms with E-state index in [1.165, 1.54) is 0 Å². The van der Waals surface area contributed by atoms with Gasteiger partial charge >= 0.3 is 5.97 Å². The van der Waals surface area contributed by atoms with Crippen molar-refractivity contribution in [3.05, 3.63) is 71.5 Å². The van der Waals surface area contributed by atoms with Gasteiger partial charge in [0.15, 0.2) is 5.69 Å². The molecule has 2 aromatic carbocycles. The molecule has 4 nitrogen and oxygen atoms in total. The SMILES string of the molecule is Cc1ccc(C)c(-n2cc(C(=O)O)nc2-c2ccccc2)c1. The van der Waals surface area contributed by atoms with Crippen LogP contribution < -0.4 is 0 Å². The molecule has 0 aliphatic carbocycles. The summed E-state index contributed by atoms with van der Waals surface area (Å²) in [5.74, 6) is -0.395. The Hall–Kier alpha value is -2.88. The van der Waals surface area contributed by atoms with Crippen LogP contribution in [0.1, 0.15) is 21.6 Å². The van der Waals surface area contributed by atoms with E-state index in [1.807, 2.05) is 66.9 Å². The monoisotopic (exact) mass is 292 g/mol. The third kappa shape index (κ3) is 2.51. The molecule has 0 amide bonds. The van der Waals surface area contributed by atoms with E-state index in [4.69, 9.17) is 0 Å². The molecular weight excluding hydrogens is 276 g/mol. The summed E-state index contributed by atoms with van der Waals surface area (Å²) in [7, 11) is 0. The quantitative estimate of drug-likeness (QED) is 0.797. The molecule has 0 unspecified atom stereocenters. The van der Waals surface area contributed by atoms with Gasteiger partial charge < -0.3 is 5.11 Å². The fourth-order valence-corrected chi connectivity index (χ4v) is 2.44. The first-order valence-electron chi connectivity index (χ1n) is 7.02. The number of carboxylic acid groups (broad SMARTS) is 1. The van der Waals surface area contributed by atoms with E-state index in [0.717, 1.165) is 22.4 Å². The van der Waals surface area contributed by atoms with Crippen molar-refractivity contribution in [1.82, 2.24) is 9.55 Å². The first-order chi connectivity index (χ1) is 10.6. The number of nitrogens with zero attached hydrogens (tertiary/aromatic N) is 2. The lowest BCUT2D eigenvalue weighted by Gasteiger charge is -2.11. The van der Waals surface area contributed by atoms with Crippen LogP contribution in [0.4, 0.5) is 0 Å². The van der Waals surface area contributed by atoms with Crippen LogP contribution in [0, 0.1) is 13.8 Å². The largest absolute Gasteiger partial charge is 0.476 e. The van der Waals surface area contributed by atoms with Crippen LogP contribution >= 0.6 is 0 Å². The molecule has 0 spiro atoms. The van der Waals surface area contributed by atoms with Crippen LogP contribution in [0.5, 0.6) is 0 Å². The maximum atomic E-state index is 11.3. The molecule has 3 rings (SSSR count). The summed E-state index contributed by atoms with van der Waals surface area (Å²) in [6.45, 7) is 4.02. The number of hydrogen-bond acceptors (Lipinski definition) is 2. The highest BCUT2D eigenvalue weighted by molar-refractivity contribution is 5.86. The number of aryl methyl sites for hydroxylation is 2. The molecule has 1 N–H and O–H groups in total. The van der Waals surface area contributed by atoms with E-state index in [1.54, 1.807) is 6.20 Å². The molecule has 4 heteroatoms. The first kappa shape index (κ1) is 14.1. The average Bonchev–Trinajstić information content (AvgIpc) is 2.96. The second kappa shape index (κ2) is 5.48. The Balaban J connectivity index is 2.26. The number of hydrogen-bond donors (Lipinski definition) is 1. The molecule has 1 heterocycles. The number of carbonyl (C=O) groups is 1. The summed E-state index contributed by atoms with van der Waals surface area (Å²) in [5.41, 5.74) is 4.05. The molecule has 1 aromatic heterocycles. The van der Waals surface area contributed by atoms with Gasteiger partial charge in [0.05, 0.1) is 5.69 Å². The number of aromatic nitrogens is 2. The number of imidazole rings is 1. The molecule has 0 radical (unpaired) electrons. The highest BCUT2D eigenvalue weighted by Gasteiger charge is 2.16. The fraction of sp³-hybridized carbons (Fsp3) is 0.111. The number of carboxylic acids is 1. The minimum absolute atomic E-state index is 0.0414. The van der Waals surface area contributed by atoms with Crippen molar-refractivity contribution >= 4 is 5.97 Å². The Morgan fingerprint density at radius 3 is 2.50 bits per heavy atom. The van der Waals surface area contributed by atoms with Crippen LogP contribution in [-0.2, 0) is 0 Å². The van der Waals surface area contributed by atoms with E-state index in [0.29, 0.717) is 5.82 Å². The van der Waals surface area contributed by atoms with Crippen LogP contribution in [-0.4, -0.2) is 20.6 Å². The van der Waals surface area contributed by atoms with E-state index in [9.17, 15) is 9.90 Å². The zero-order valence-electron chi connectivity index (χ0n) is 12.4. The van der Waals surface area contributed by atoms with Gasteiger partial charge in [-0.1, -0.05) is 42.5 Å². The minimum atomic E-state index is -1.03. The summed E-state index contributed by atoms with van der Waals surface area (Å²) >= 11 is 0. The van der Waals surface area contributed by atoms with Crippen molar-refractivity contribution in [3.8, 4) is 17.1 Å². The van der Waals surface area contributed by atoms with Gasteiger partial charge in [-0.15, -0.1) is 0 Å². The Morgan fingerprint density at radius 2 is 1.82 bits per heavy atom. The molecule has 22 heavy (non-hydrogen) atoms. The van der Waals surface area contributed by atoms with Crippen molar-refractivity contribution in [2.75, 3.05) is 0 Å². The Bertz CT molecular complexity index is 836. The lowest BCUT2D eigenvalue weighted by atomic mass is 10.1. The van der Waals surface area contributed by atoms with E-state index < -0.39 is 5.97 Å². The van der Waals surface area contributed by atoms with Gasteiger partial charge in [0.2, 0.25) is 0 Å². The predicted molar refractivity (Wildman–Crippen MR) is 85.4 cm³/mol. The van der Waals surface area contributed by atoms with Gasteiger partial charge in [0.1, 0.15) is 5.82 Å². The summed E-state index contributed by atoms with van der Waals surface area (Å²) in [6.07, 6.45) is 1.58. The second-order valence-electron chi connectivity index (χ2n) is 5.28. The van der Waals surface area contributed by atoms with Crippen LogP contribution in [0.2, 0.25) is 0 Å². The van der Waals surface area contributed by atoms with E-state index in [-0.39, 0.29) is 5.69 Å². The van der Waals surface area contributed by atoms with Gasteiger partial charge in [-0.2, -0.15) is 0 Å². The van der Waals surface area contributed by atoms with Crippen molar-refractivity contribution < 1.29 is 9.90 Å². The third-order valence-corrected chi connectivity index (χ3v) is 3.58. The minimum Gasteiger partial charge on any atom is -0.476 e. The number of rotatable bonds is 3. The zero-order valence-corrected chi connectivity index (χ0v) is 12.4. The standard InChI is InChI=1S/C18H16N2O2/c1-12-8-9-13(2)16(10-12)20-11-15(18(21)22)19-17(20)14-6-4-3-5-7-14/h3-11H,1-2H3,(H,21,22). The Morgan fingerprint density at radius 1 is 1.09 bits per heavy atom. The maximum absolute atomic E-state index is 11.3. The third-order valence-electron chi connectivity index (χ3n) is 3.58. The average molecular weight is 292 g/mol. The highest BCUT2D eigenvalue weighted by Crippen LogP contribution is 2.25. The van der Waals surface area contributed by atoms with Crippen LogP contribution in [0.15, 0.2) is 54.7 Å². The Labute approximate surface area is 128 Å². The summed E-state index contributed by atoms with van der Waals surface area (Å²) in [4.78, 5) is 15.6. The maximum Gasteiger partial charge on any atom is 0.356 e. The molecule has 0 aliphatic rings. The van der Waals surface area contributed by atoms with Crippen LogP contribution in [0.25, 0.3) is 17.1 Å². The zero-order chi connectivity index (χ0) is 15.7. The van der Waals surface area contributed by atoms with Crippen molar-refractivity contribution in [1.29, 1.82) is 0 Å². The fourth-order valence-electron chi connectivity index (χ4n) is 2.44. The molecule has 0 bridgehead atoms. The van der Waals surface area contributed by atoms with Crippen molar-refractivity contribution in [3.63, 3.8) is 0 Å². The van der Waals surface area contributed by atoms with Gasteiger partial charge in [0.25, 0.3) is 0 Å². The topological polar surface area (TPSA) is 55.1 Å². The van der Waals surface area contributed by atoms with Crippen molar-refractivity contribution in [2.45, 2.75) is 13.8 Å². The molecule has 0 saturated carbocycles. The molecule has 0 fully saturated rings. The smallest absolute Gasteiger partial charge is 0.356 e. The van der Waals surface area contributed by atoms with E-state index in [2.05, 4.69) is 4.98 Å². The van der Waals surface area contributed by atoms with Gasteiger partial charge in [-0.25, -0.2) is 9.78 Å². The van der Waals surface area contributed by atoms with Gasteiger partial charge in [-0.05, 0) is 31.0 Å². The second-order valence-corrected chi connectivity index (χ2v) is 5.28. The molecular formula is C18H16N2O2. The lowest BCUT2D eigenvalue weighted by molar-refractivity contribution is 0.0691. The molecule has 3 aromatic rings. The molecule has 0 aliphatic heterocycles.